The van der Waals surface area contributed by atoms with Gasteiger partial charge >= 0.3 is 0 Å². The van der Waals surface area contributed by atoms with Crippen LogP contribution in [0.1, 0.15) is 52.4 Å². The first-order chi connectivity index (χ1) is 7.18. The van der Waals surface area contributed by atoms with Crippen LogP contribution in [0.5, 0.6) is 0 Å². The summed E-state index contributed by atoms with van der Waals surface area (Å²) >= 11 is 0. The Balaban J connectivity index is 2.20. The Kier molecular flexibility index (Phi) is 5.62. The molecule has 0 bridgehead atoms. The lowest BCUT2D eigenvalue weighted by Crippen LogP contribution is -2.39. The number of nitrogens with one attached hydrogen (secondary N) is 1. The van der Waals surface area contributed by atoms with Crippen molar-refractivity contribution in [3.63, 3.8) is 0 Å². The number of ether oxygens (including phenoxy) is 1. The largest absolute Gasteiger partial charge is 0.374 e. The van der Waals surface area contributed by atoms with E-state index in [1.807, 2.05) is 7.05 Å². The highest BCUT2D eigenvalue weighted by atomic mass is 16.5. The Hall–Kier alpha value is -0.0800. The number of hydrogen-bond acceptors (Lipinski definition) is 2. The van der Waals surface area contributed by atoms with Gasteiger partial charge in [0, 0.05) is 13.2 Å². The van der Waals surface area contributed by atoms with Crippen molar-refractivity contribution in [3.8, 4) is 0 Å². The minimum atomic E-state index is 0.172. The van der Waals surface area contributed by atoms with Gasteiger partial charge in [0.05, 0.1) is 5.60 Å². The Morgan fingerprint density at radius 1 is 1.27 bits per heavy atom. The van der Waals surface area contributed by atoms with Crippen molar-refractivity contribution in [1.82, 2.24) is 5.32 Å². The molecule has 0 aliphatic heterocycles. The van der Waals surface area contributed by atoms with Gasteiger partial charge in [0.2, 0.25) is 0 Å². The molecule has 2 heteroatoms. The summed E-state index contributed by atoms with van der Waals surface area (Å²) in [5, 5.41) is 3.28. The minimum absolute atomic E-state index is 0.172. The van der Waals surface area contributed by atoms with Crippen molar-refractivity contribution in [2.75, 3.05) is 20.2 Å². The van der Waals surface area contributed by atoms with E-state index in [4.69, 9.17) is 4.74 Å². The first-order valence-electron chi connectivity index (χ1n) is 6.47. The SMILES string of the molecule is CNCC1(OCCCC(C)C)CCCC1. The molecule has 90 valence electrons. The predicted molar refractivity (Wildman–Crippen MR) is 65.1 cm³/mol. The van der Waals surface area contributed by atoms with Crippen molar-refractivity contribution in [1.29, 1.82) is 0 Å². The maximum atomic E-state index is 6.12. The van der Waals surface area contributed by atoms with Crippen LogP contribution in [0.2, 0.25) is 0 Å². The molecule has 1 aliphatic carbocycles. The molecular weight excluding hydrogens is 186 g/mol. The zero-order chi connectivity index (χ0) is 11.1. The molecule has 1 N–H and O–H groups in total. The predicted octanol–water partition coefficient (Wildman–Crippen LogP) is 2.97. The molecule has 0 aromatic rings. The van der Waals surface area contributed by atoms with Crippen molar-refractivity contribution in [2.24, 2.45) is 5.92 Å². The summed E-state index contributed by atoms with van der Waals surface area (Å²) in [6.45, 7) is 6.52. The van der Waals surface area contributed by atoms with Crippen LogP contribution < -0.4 is 5.32 Å². The second-order valence-electron chi connectivity index (χ2n) is 5.30. The molecule has 0 amide bonds. The Morgan fingerprint density at radius 3 is 2.47 bits per heavy atom. The topological polar surface area (TPSA) is 21.3 Å². The van der Waals surface area contributed by atoms with Gasteiger partial charge in [0.1, 0.15) is 0 Å². The van der Waals surface area contributed by atoms with Gasteiger partial charge in [-0.05, 0) is 38.6 Å². The fraction of sp³-hybridized carbons (Fsp3) is 1.00. The van der Waals surface area contributed by atoms with Crippen LogP contribution in [0.3, 0.4) is 0 Å². The number of likely N-dealkylation sites (N-methyl/N-ethyl adjacent to an activating group) is 1. The molecule has 0 radical (unpaired) electrons. The molecule has 1 aliphatic rings. The highest BCUT2D eigenvalue weighted by Gasteiger charge is 2.33. The highest BCUT2D eigenvalue weighted by molar-refractivity contribution is 4.88. The lowest BCUT2D eigenvalue weighted by molar-refractivity contribution is -0.0403. The van der Waals surface area contributed by atoms with E-state index in [0.29, 0.717) is 0 Å². The quantitative estimate of drug-likeness (QED) is 0.656. The molecule has 1 fully saturated rings. The third kappa shape index (κ3) is 4.52. The van der Waals surface area contributed by atoms with Crippen molar-refractivity contribution >= 4 is 0 Å². The standard InChI is InChI=1S/C13H27NO/c1-12(2)7-6-10-15-13(11-14-3)8-4-5-9-13/h12,14H,4-11H2,1-3H3. The van der Waals surface area contributed by atoms with E-state index in [-0.39, 0.29) is 5.60 Å². The van der Waals surface area contributed by atoms with Gasteiger partial charge in [-0.2, -0.15) is 0 Å². The maximum absolute atomic E-state index is 6.12. The smallest absolute Gasteiger partial charge is 0.0806 e. The molecule has 1 saturated carbocycles. The van der Waals surface area contributed by atoms with Crippen LogP contribution in [0, 0.1) is 5.92 Å². The zero-order valence-corrected chi connectivity index (χ0v) is 10.6. The first kappa shape index (κ1) is 13.0. The van der Waals surface area contributed by atoms with Gasteiger partial charge < -0.3 is 10.1 Å². The second kappa shape index (κ2) is 6.49. The van der Waals surface area contributed by atoms with E-state index in [1.165, 1.54) is 38.5 Å². The molecule has 0 heterocycles. The summed E-state index contributed by atoms with van der Waals surface area (Å²) in [5.74, 6) is 0.803. The minimum Gasteiger partial charge on any atom is -0.374 e. The lowest BCUT2D eigenvalue weighted by Gasteiger charge is -2.29. The van der Waals surface area contributed by atoms with Gasteiger partial charge in [-0.15, -0.1) is 0 Å². The van der Waals surface area contributed by atoms with Crippen molar-refractivity contribution in [3.05, 3.63) is 0 Å². The maximum Gasteiger partial charge on any atom is 0.0806 e. The summed E-state index contributed by atoms with van der Waals surface area (Å²) < 4.78 is 6.12. The van der Waals surface area contributed by atoms with Gasteiger partial charge in [-0.3, -0.25) is 0 Å². The van der Waals surface area contributed by atoms with E-state index in [2.05, 4.69) is 19.2 Å². The van der Waals surface area contributed by atoms with Crippen LogP contribution in [-0.4, -0.2) is 25.8 Å². The van der Waals surface area contributed by atoms with Crippen LogP contribution in [-0.2, 0) is 4.74 Å². The van der Waals surface area contributed by atoms with Gasteiger partial charge in [0.15, 0.2) is 0 Å². The van der Waals surface area contributed by atoms with Gasteiger partial charge in [0.25, 0.3) is 0 Å². The molecule has 0 aromatic heterocycles. The van der Waals surface area contributed by atoms with E-state index < -0.39 is 0 Å². The molecule has 0 saturated heterocycles. The summed E-state index contributed by atoms with van der Waals surface area (Å²) in [7, 11) is 2.03. The summed E-state index contributed by atoms with van der Waals surface area (Å²) in [4.78, 5) is 0. The average Bonchev–Trinajstić information content (AvgIpc) is 2.62. The molecule has 0 atom stereocenters. The molecule has 0 unspecified atom stereocenters. The molecule has 1 rings (SSSR count). The average molecular weight is 213 g/mol. The van der Waals surface area contributed by atoms with Crippen LogP contribution in [0.4, 0.5) is 0 Å². The number of hydrogen-bond donors (Lipinski definition) is 1. The Morgan fingerprint density at radius 2 is 1.93 bits per heavy atom. The summed E-state index contributed by atoms with van der Waals surface area (Å²) in [6, 6.07) is 0. The molecule has 15 heavy (non-hydrogen) atoms. The molecule has 0 spiro atoms. The van der Waals surface area contributed by atoms with E-state index >= 15 is 0 Å². The van der Waals surface area contributed by atoms with Gasteiger partial charge in [-0.1, -0.05) is 26.7 Å². The van der Waals surface area contributed by atoms with Crippen molar-refractivity contribution in [2.45, 2.75) is 58.0 Å². The number of rotatable bonds is 7. The first-order valence-corrected chi connectivity index (χ1v) is 6.47. The molecular formula is C13H27NO. The van der Waals surface area contributed by atoms with Gasteiger partial charge in [-0.25, -0.2) is 0 Å². The fourth-order valence-corrected chi connectivity index (χ4v) is 2.49. The highest BCUT2D eigenvalue weighted by Crippen LogP contribution is 2.32. The van der Waals surface area contributed by atoms with E-state index in [1.54, 1.807) is 0 Å². The summed E-state index contributed by atoms with van der Waals surface area (Å²) in [5.41, 5.74) is 0.172. The lowest BCUT2D eigenvalue weighted by atomic mass is 10.0. The van der Waals surface area contributed by atoms with E-state index in [0.717, 1.165) is 19.1 Å². The fourth-order valence-electron chi connectivity index (χ4n) is 2.49. The van der Waals surface area contributed by atoms with Crippen LogP contribution in [0.25, 0.3) is 0 Å². The summed E-state index contributed by atoms with van der Waals surface area (Å²) in [6.07, 6.45) is 7.67. The van der Waals surface area contributed by atoms with E-state index in [9.17, 15) is 0 Å². The normalized spacial score (nSPS) is 20.0. The second-order valence-corrected chi connectivity index (χ2v) is 5.30. The third-order valence-electron chi connectivity index (χ3n) is 3.35. The monoisotopic (exact) mass is 213 g/mol. The Labute approximate surface area is 94.8 Å². The zero-order valence-electron chi connectivity index (χ0n) is 10.6. The molecule has 0 aromatic carbocycles. The van der Waals surface area contributed by atoms with Crippen LogP contribution >= 0.6 is 0 Å². The Bertz CT molecular complexity index is 162. The van der Waals surface area contributed by atoms with Crippen molar-refractivity contribution < 1.29 is 4.74 Å². The van der Waals surface area contributed by atoms with Crippen LogP contribution in [0.15, 0.2) is 0 Å². The molecule has 2 nitrogen and oxygen atoms in total. The third-order valence-corrected chi connectivity index (χ3v) is 3.35.